The van der Waals surface area contributed by atoms with E-state index < -0.39 is 23.1 Å². The number of nitrogens with zero attached hydrogens (tertiary/aromatic N) is 1. The molecule has 88 valence electrons. The van der Waals surface area contributed by atoms with Crippen LogP contribution in [0.3, 0.4) is 0 Å². The van der Waals surface area contributed by atoms with E-state index in [9.17, 15) is 13.2 Å². The number of nitrogens with two attached hydrogens (primary N) is 1. The number of nitrogens with one attached hydrogen (secondary N) is 1. The average Bonchev–Trinajstić information content (AvgIpc) is 2.23. The van der Waals surface area contributed by atoms with Crippen molar-refractivity contribution in [3.8, 4) is 0 Å². The van der Waals surface area contributed by atoms with Gasteiger partial charge < -0.3 is 11.1 Å². The van der Waals surface area contributed by atoms with E-state index in [0.717, 1.165) is 0 Å². The molecule has 0 radical (unpaired) electrons. The molecule has 1 aromatic carbocycles. The first-order valence-electron chi connectivity index (χ1n) is 4.69. The van der Waals surface area contributed by atoms with Crippen molar-refractivity contribution in [2.45, 2.75) is 0 Å². The number of pyridine rings is 1. The van der Waals surface area contributed by atoms with Gasteiger partial charge in [-0.3, -0.25) is 0 Å². The summed E-state index contributed by atoms with van der Waals surface area (Å²) in [5.74, 6) is -2.80. The molecule has 0 unspecified atom stereocenters. The van der Waals surface area contributed by atoms with Crippen molar-refractivity contribution in [2.75, 3.05) is 11.1 Å². The third-order valence-electron chi connectivity index (χ3n) is 2.06. The largest absolute Gasteiger partial charge is 0.384 e. The summed E-state index contributed by atoms with van der Waals surface area (Å²) in [5.41, 5.74) is 5.34. The molecule has 17 heavy (non-hydrogen) atoms. The molecule has 6 heteroatoms. The third-order valence-corrected chi connectivity index (χ3v) is 2.06. The van der Waals surface area contributed by atoms with Crippen molar-refractivity contribution in [3.63, 3.8) is 0 Å². The van der Waals surface area contributed by atoms with Crippen LogP contribution in [0.1, 0.15) is 0 Å². The van der Waals surface area contributed by atoms with Crippen LogP contribution in [0, 0.1) is 17.5 Å². The molecular formula is C11H8F3N3. The first kappa shape index (κ1) is 11.3. The molecule has 2 aromatic rings. The summed E-state index contributed by atoms with van der Waals surface area (Å²) in [6, 6.07) is 4.08. The third kappa shape index (κ3) is 2.47. The van der Waals surface area contributed by atoms with Gasteiger partial charge in [0.2, 0.25) is 0 Å². The number of aromatic nitrogens is 1. The fraction of sp³-hybridized carbons (Fsp3) is 0. The van der Waals surface area contributed by atoms with Crippen LogP contribution >= 0.6 is 0 Å². The molecule has 0 bridgehead atoms. The fourth-order valence-electron chi connectivity index (χ4n) is 1.33. The van der Waals surface area contributed by atoms with Gasteiger partial charge in [-0.2, -0.15) is 0 Å². The van der Waals surface area contributed by atoms with E-state index >= 15 is 0 Å². The molecule has 0 spiro atoms. The van der Waals surface area contributed by atoms with Crippen molar-refractivity contribution in [1.82, 2.24) is 4.98 Å². The molecule has 0 aliphatic carbocycles. The maximum absolute atomic E-state index is 13.3. The van der Waals surface area contributed by atoms with Gasteiger partial charge in [0.05, 0.1) is 0 Å². The first-order chi connectivity index (χ1) is 8.06. The SMILES string of the molecule is Nc1cc(Nc2c(F)cc(F)cc2F)ccn1. The highest BCUT2D eigenvalue weighted by Gasteiger charge is 2.11. The number of anilines is 3. The molecule has 1 heterocycles. The zero-order chi connectivity index (χ0) is 12.4. The standard InChI is InChI=1S/C11H8F3N3/c12-6-3-8(13)11(9(14)4-6)17-7-1-2-16-10(15)5-7/h1-5H,(H3,15,16,17). The summed E-state index contributed by atoms with van der Waals surface area (Å²) in [7, 11) is 0. The highest BCUT2D eigenvalue weighted by atomic mass is 19.1. The van der Waals surface area contributed by atoms with Crippen LogP contribution in [0.4, 0.5) is 30.4 Å². The summed E-state index contributed by atoms with van der Waals surface area (Å²) >= 11 is 0. The number of nitrogen functional groups attached to an aromatic ring is 1. The topological polar surface area (TPSA) is 50.9 Å². The van der Waals surface area contributed by atoms with Gasteiger partial charge in [-0.15, -0.1) is 0 Å². The lowest BCUT2D eigenvalue weighted by molar-refractivity contribution is 0.549. The van der Waals surface area contributed by atoms with Gasteiger partial charge in [-0.25, -0.2) is 18.2 Å². The lowest BCUT2D eigenvalue weighted by Crippen LogP contribution is -2.00. The van der Waals surface area contributed by atoms with Crippen molar-refractivity contribution in [2.24, 2.45) is 0 Å². The Hall–Kier alpha value is -2.24. The number of hydrogen-bond acceptors (Lipinski definition) is 3. The van der Waals surface area contributed by atoms with Crippen molar-refractivity contribution < 1.29 is 13.2 Å². The lowest BCUT2D eigenvalue weighted by atomic mass is 10.2. The average molecular weight is 239 g/mol. The molecule has 0 aliphatic rings. The Morgan fingerprint density at radius 2 is 1.71 bits per heavy atom. The van der Waals surface area contributed by atoms with Crippen LogP contribution in [0.15, 0.2) is 30.5 Å². The maximum atomic E-state index is 13.3. The molecule has 0 aliphatic heterocycles. The molecule has 0 saturated heterocycles. The Kier molecular flexibility index (Phi) is 2.86. The van der Waals surface area contributed by atoms with Crippen molar-refractivity contribution in [3.05, 3.63) is 47.9 Å². The van der Waals surface area contributed by atoms with E-state index in [1.807, 2.05) is 0 Å². The van der Waals surface area contributed by atoms with Crippen molar-refractivity contribution >= 4 is 17.2 Å². The van der Waals surface area contributed by atoms with Crippen molar-refractivity contribution in [1.29, 1.82) is 0 Å². The fourth-order valence-corrected chi connectivity index (χ4v) is 1.33. The van der Waals surface area contributed by atoms with Gasteiger partial charge in [0.15, 0.2) is 11.6 Å². The normalized spacial score (nSPS) is 10.3. The van der Waals surface area contributed by atoms with Crippen LogP contribution < -0.4 is 11.1 Å². The molecule has 3 N–H and O–H groups in total. The highest BCUT2D eigenvalue weighted by Crippen LogP contribution is 2.24. The minimum absolute atomic E-state index is 0.206. The second-order valence-electron chi connectivity index (χ2n) is 3.34. The van der Waals surface area contributed by atoms with E-state index in [-0.39, 0.29) is 5.82 Å². The van der Waals surface area contributed by atoms with Gasteiger partial charge in [-0.05, 0) is 6.07 Å². The van der Waals surface area contributed by atoms with Crippen LogP contribution in [-0.4, -0.2) is 4.98 Å². The van der Waals surface area contributed by atoms with Gasteiger partial charge in [0.1, 0.15) is 17.3 Å². The molecule has 0 fully saturated rings. The Balaban J connectivity index is 2.36. The molecule has 0 saturated carbocycles. The number of rotatable bonds is 2. The maximum Gasteiger partial charge on any atom is 0.152 e. The quantitative estimate of drug-likeness (QED) is 0.847. The molecule has 3 nitrogen and oxygen atoms in total. The summed E-state index contributed by atoms with van der Waals surface area (Å²) in [4.78, 5) is 3.73. The monoisotopic (exact) mass is 239 g/mol. The Bertz CT molecular complexity index is 534. The van der Waals surface area contributed by atoms with E-state index in [1.165, 1.54) is 18.3 Å². The molecule has 0 atom stereocenters. The van der Waals surface area contributed by atoms with E-state index in [2.05, 4.69) is 10.3 Å². The van der Waals surface area contributed by atoms with Gasteiger partial charge >= 0.3 is 0 Å². The van der Waals surface area contributed by atoms with Crippen LogP contribution in [0.2, 0.25) is 0 Å². The first-order valence-corrected chi connectivity index (χ1v) is 4.69. The van der Waals surface area contributed by atoms with Crippen LogP contribution in [0.5, 0.6) is 0 Å². The zero-order valence-corrected chi connectivity index (χ0v) is 8.55. The predicted octanol–water partition coefficient (Wildman–Crippen LogP) is 2.82. The predicted molar refractivity (Wildman–Crippen MR) is 58.2 cm³/mol. The zero-order valence-electron chi connectivity index (χ0n) is 8.55. The summed E-state index contributed by atoms with van der Waals surface area (Å²) in [6.07, 6.45) is 1.39. The molecule has 2 rings (SSSR count). The van der Waals surface area contributed by atoms with Crippen LogP contribution in [0.25, 0.3) is 0 Å². The van der Waals surface area contributed by atoms with Gasteiger partial charge in [0.25, 0.3) is 0 Å². The lowest BCUT2D eigenvalue weighted by Gasteiger charge is -2.09. The molecular weight excluding hydrogens is 231 g/mol. The van der Waals surface area contributed by atoms with Gasteiger partial charge in [0, 0.05) is 30.1 Å². The number of benzene rings is 1. The second-order valence-corrected chi connectivity index (χ2v) is 3.34. The van der Waals surface area contributed by atoms with E-state index in [0.29, 0.717) is 17.8 Å². The van der Waals surface area contributed by atoms with Gasteiger partial charge in [-0.1, -0.05) is 0 Å². The Morgan fingerprint density at radius 1 is 1.06 bits per heavy atom. The number of hydrogen-bond donors (Lipinski definition) is 2. The second kappa shape index (κ2) is 4.32. The van der Waals surface area contributed by atoms with Crippen LogP contribution in [-0.2, 0) is 0 Å². The minimum atomic E-state index is -1.02. The summed E-state index contributed by atoms with van der Waals surface area (Å²) in [5, 5.41) is 2.47. The minimum Gasteiger partial charge on any atom is -0.384 e. The smallest absolute Gasteiger partial charge is 0.152 e. The van der Waals surface area contributed by atoms with E-state index in [4.69, 9.17) is 5.73 Å². The molecule has 1 aromatic heterocycles. The number of halogens is 3. The summed E-state index contributed by atoms with van der Waals surface area (Å²) < 4.78 is 39.3. The summed E-state index contributed by atoms with van der Waals surface area (Å²) in [6.45, 7) is 0. The molecule has 0 amide bonds. The highest BCUT2D eigenvalue weighted by molar-refractivity contribution is 5.62. The Morgan fingerprint density at radius 3 is 2.29 bits per heavy atom. The Labute approximate surface area is 95.1 Å². The van der Waals surface area contributed by atoms with E-state index in [1.54, 1.807) is 0 Å².